The Kier molecular flexibility index (Phi) is 21.1. The fraction of sp³-hybridized carbons (Fsp3) is 0.500. The van der Waals surface area contributed by atoms with Crippen molar-refractivity contribution in [3.8, 4) is 5.75 Å². The van der Waals surface area contributed by atoms with Crippen LogP contribution >= 0.6 is 23.5 Å². The molecule has 0 aliphatic rings. The van der Waals surface area contributed by atoms with Crippen LogP contribution in [0.2, 0.25) is 0 Å². The first-order chi connectivity index (χ1) is 29.1. The number of Topliss-reactive ketones (excluding diaryl/α,β-unsaturated/α-hetero) is 1. The molecule has 0 unspecified atom stereocenters. The Balaban J connectivity index is 1.85. The molecule has 0 aliphatic carbocycles. The molecule has 0 aliphatic heterocycles. The molecule has 6 atom stereocenters. The number of fused-ring (bicyclic) bond motifs is 1. The zero-order chi connectivity index (χ0) is 45.1. The summed E-state index contributed by atoms with van der Waals surface area (Å²) in [7, 11) is 0. The van der Waals surface area contributed by atoms with Crippen LogP contribution in [-0.2, 0) is 46.4 Å². The Morgan fingerprint density at radius 1 is 0.689 bits per heavy atom. The van der Waals surface area contributed by atoms with Crippen molar-refractivity contribution < 1.29 is 38.7 Å². The van der Waals surface area contributed by atoms with Crippen LogP contribution in [0.15, 0.2) is 54.7 Å². The number of phenolic OH excluding ortho intramolecular Hbond substituents is 1. The number of H-pyrrole nitrogens is 1. The van der Waals surface area contributed by atoms with Gasteiger partial charge in [0.2, 0.25) is 35.3 Å². The summed E-state index contributed by atoms with van der Waals surface area (Å²) in [5, 5.41) is 24.4. The normalized spacial score (nSPS) is 14.2. The average molecular weight is 884 g/mol. The number of carbonyl (C=O) groups is 7. The highest BCUT2D eigenvalue weighted by atomic mass is 32.2. The van der Waals surface area contributed by atoms with E-state index in [1.807, 2.05) is 30.5 Å². The van der Waals surface area contributed by atoms with E-state index in [0.717, 1.165) is 16.5 Å². The van der Waals surface area contributed by atoms with Gasteiger partial charge in [0.05, 0.1) is 12.1 Å². The Labute approximate surface area is 365 Å². The predicted molar refractivity (Wildman–Crippen MR) is 239 cm³/mol. The van der Waals surface area contributed by atoms with Gasteiger partial charge in [-0.15, -0.1) is 0 Å². The van der Waals surface area contributed by atoms with Gasteiger partial charge < -0.3 is 53.9 Å². The van der Waals surface area contributed by atoms with Crippen molar-refractivity contribution >= 4 is 75.7 Å². The van der Waals surface area contributed by atoms with Gasteiger partial charge in [-0.2, -0.15) is 23.5 Å². The number of aromatic nitrogens is 1. The second kappa shape index (κ2) is 25.6. The summed E-state index contributed by atoms with van der Waals surface area (Å²) in [5.74, 6) is -5.10. The smallest absolute Gasteiger partial charge is 0.287 e. The maximum Gasteiger partial charge on any atom is 0.287 e. The van der Waals surface area contributed by atoms with E-state index in [1.54, 1.807) is 38.4 Å². The molecule has 3 aromatic rings. The second-order valence-corrected chi connectivity index (χ2v) is 17.1. The van der Waals surface area contributed by atoms with E-state index >= 15 is 0 Å². The van der Waals surface area contributed by atoms with Gasteiger partial charge in [0, 0.05) is 23.5 Å². The van der Waals surface area contributed by atoms with Crippen LogP contribution in [0.25, 0.3) is 10.9 Å². The maximum atomic E-state index is 14.2. The SMILES string of the molecule is CSCC[C@H](NC(=O)[C@H](Cc1ccc(O)cc1)NC(=O)[C@H](CCCCN)NC(=O)[C@@H](N)Cc1c[nH]c2ccccc12)C(=O)N[C@H](C(=O)N[C@@H](CCSC)C(=O)C(N)=O)C(C)C. The number of para-hydroxylation sites is 1. The predicted octanol–water partition coefficient (Wildman–Crippen LogP) is 0.756. The van der Waals surface area contributed by atoms with Crippen LogP contribution in [-0.4, -0.2) is 118 Å². The van der Waals surface area contributed by atoms with Crippen LogP contribution in [0.1, 0.15) is 57.1 Å². The van der Waals surface area contributed by atoms with E-state index in [4.69, 9.17) is 17.2 Å². The summed E-state index contributed by atoms with van der Waals surface area (Å²) >= 11 is 2.84. The van der Waals surface area contributed by atoms with E-state index in [9.17, 15) is 38.7 Å². The lowest BCUT2D eigenvalue weighted by Gasteiger charge is -2.28. The summed E-state index contributed by atoms with van der Waals surface area (Å²) in [6.45, 7) is 3.74. The average Bonchev–Trinajstić information content (AvgIpc) is 3.64. The van der Waals surface area contributed by atoms with Crippen LogP contribution in [0.4, 0.5) is 0 Å². The van der Waals surface area contributed by atoms with Crippen molar-refractivity contribution in [1.82, 2.24) is 31.6 Å². The molecular weight excluding hydrogens is 823 g/mol. The molecular formula is C42H61N9O8S2. The van der Waals surface area contributed by atoms with E-state index in [-0.39, 0.29) is 37.9 Å². The number of benzene rings is 2. The van der Waals surface area contributed by atoms with Crippen molar-refractivity contribution in [2.45, 2.75) is 95.0 Å². The molecule has 6 amide bonds. The number of amides is 6. The monoisotopic (exact) mass is 883 g/mol. The number of nitrogens with one attached hydrogen (secondary N) is 6. The fourth-order valence-electron chi connectivity index (χ4n) is 6.52. The number of primary amides is 1. The minimum absolute atomic E-state index is 0.00690. The molecule has 3 rings (SSSR count). The molecule has 0 spiro atoms. The number of aromatic hydroxyl groups is 1. The summed E-state index contributed by atoms with van der Waals surface area (Å²) in [6.07, 6.45) is 7.10. The van der Waals surface area contributed by atoms with Crippen molar-refractivity contribution in [2.75, 3.05) is 30.6 Å². The van der Waals surface area contributed by atoms with Gasteiger partial charge in [-0.1, -0.05) is 44.2 Å². The molecule has 17 nitrogen and oxygen atoms in total. The van der Waals surface area contributed by atoms with Gasteiger partial charge in [-0.25, -0.2) is 0 Å². The van der Waals surface area contributed by atoms with Gasteiger partial charge in [-0.05, 0) is 104 Å². The zero-order valence-electron chi connectivity index (χ0n) is 35.2. The van der Waals surface area contributed by atoms with Gasteiger partial charge in [0.15, 0.2) is 0 Å². The van der Waals surface area contributed by atoms with Crippen LogP contribution < -0.4 is 43.8 Å². The molecule has 0 bridgehead atoms. The molecule has 334 valence electrons. The molecule has 2 aromatic carbocycles. The molecule has 0 fully saturated rings. The number of unbranched alkanes of at least 4 members (excludes halogenated alkanes) is 1. The number of rotatable bonds is 27. The first-order valence-electron chi connectivity index (χ1n) is 20.2. The molecule has 13 N–H and O–H groups in total. The third-order valence-corrected chi connectivity index (χ3v) is 11.3. The standard InChI is InChI=1S/C42H61N9O8S2/c1-24(2)35(42(59)47-31(16-19-60-3)36(53)37(45)54)51-40(57)33(17-20-61-4)49-41(58)34(21-25-12-14-27(52)15-13-25)50-39(56)32(11-7-8-18-43)48-38(55)29(44)22-26-23-46-30-10-6-5-9-28(26)30/h5-6,9-10,12-15,23-24,29,31-35,46,52H,7-8,11,16-22,43-44H2,1-4H3,(H2,45,54)(H,47,59)(H,48,55)(H,49,58)(H,50,56)(H,51,57)/t29-,31-,32-,33-,34-,35-/m0/s1. The first-order valence-corrected chi connectivity index (χ1v) is 23.0. The highest BCUT2D eigenvalue weighted by Gasteiger charge is 2.34. The first kappa shape index (κ1) is 50.2. The summed E-state index contributed by atoms with van der Waals surface area (Å²) in [6, 6.07) is 6.77. The lowest BCUT2D eigenvalue weighted by atomic mass is 10.0. The van der Waals surface area contributed by atoms with Gasteiger partial charge in [0.1, 0.15) is 29.9 Å². The molecule has 61 heavy (non-hydrogen) atoms. The largest absolute Gasteiger partial charge is 0.508 e. The Hall–Kier alpha value is -5.11. The van der Waals surface area contributed by atoms with E-state index in [1.165, 1.54) is 35.7 Å². The number of hydrogen-bond acceptors (Lipinski definition) is 12. The van der Waals surface area contributed by atoms with Crippen LogP contribution in [0.3, 0.4) is 0 Å². The van der Waals surface area contributed by atoms with Gasteiger partial charge >= 0.3 is 0 Å². The number of phenols is 1. The Bertz CT molecular complexity index is 1940. The number of carbonyl (C=O) groups excluding carboxylic acids is 7. The summed E-state index contributed by atoms with van der Waals surface area (Å²) < 4.78 is 0. The quantitative estimate of drug-likeness (QED) is 0.0375. The minimum Gasteiger partial charge on any atom is -0.508 e. The molecule has 0 saturated carbocycles. The number of hydrogen-bond donors (Lipinski definition) is 10. The zero-order valence-corrected chi connectivity index (χ0v) is 36.8. The minimum atomic E-state index is -1.27. The molecule has 0 saturated heterocycles. The number of thioether (sulfide) groups is 2. The molecule has 1 heterocycles. The molecule has 1 aromatic heterocycles. The van der Waals surface area contributed by atoms with Crippen LogP contribution in [0.5, 0.6) is 5.75 Å². The Morgan fingerprint density at radius 2 is 1.25 bits per heavy atom. The third-order valence-electron chi connectivity index (χ3n) is 10.0. The lowest BCUT2D eigenvalue weighted by Crippen LogP contribution is -2.60. The van der Waals surface area contributed by atoms with Crippen molar-refractivity contribution in [2.24, 2.45) is 23.1 Å². The highest BCUT2D eigenvalue weighted by Crippen LogP contribution is 2.19. The molecule has 19 heteroatoms. The summed E-state index contributed by atoms with van der Waals surface area (Å²) in [4.78, 5) is 96.6. The number of ketones is 1. The number of aromatic amines is 1. The number of nitrogens with two attached hydrogens (primary N) is 3. The van der Waals surface area contributed by atoms with Gasteiger partial charge in [0.25, 0.3) is 5.91 Å². The maximum absolute atomic E-state index is 14.2. The van der Waals surface area contributed by atoms with Gasteiger partial charge in [-0.3, -0.25) is 33.6 Å². The fourth-order valence-corrected chi connectivity index (χ4v) is 7.47. The van der Waals surface area contributed by atoms with Crippen LogP contribution in [0, 0.1) is 5.92 Å². The van der Waals surface area contributed by atoms with Crippen molar-refractivity contribution in [3.63, 3.8) is 0 Å². The highest BCUT2D eigenvalue weighted by molar-refractivity contribution is 7.98. The summed E-state index contributed by atoms with van der Waals surface area (Å²) in [5.41, 5.74) is 19.6. The third kappa shape index (κ3) is 16.0. The Morgan fingerprint density at radius 3 is 1.87 bits per heavy atom. The van der Waals surface area contributed by atoms with E-state index in [2.05, 4.69) is 31.6 Å². The van der Waals surface area contributed by atoms with E-state index in [0.29, 0.717) is 36.5 Å². The second-order valence-electron chi connectivity index (χ2n) is 15.1. The van der Waals surface area contributed by atoms with Crippen molar-refractivity contribution in [3.05, 3.63) is 65.9 Å². The topological polar surface area (TPSA) is 294 Å². The molecule has 0 radical (unpaired) electrons. The van der Waals surface area contributed by atoms with E-state index < -0.39 is 83.4 Å². The van der Waals surface area contributed by atoms with Crippen molar-refractivity contribution in [1.29, 1.82) is 0 Å². The lowest BCUT2D eigenvalue weighted by molar-refractivity contribution is -0.139.